The van der Waals surface area contributed by atoms with Gasteiger partial charge in [-0.1, -0.05) is 6.42 Å². The molecule has 0 saturated heterocycles. The van der Waals surface area contributed by atoms with E-state index < -0.39 is 10.0 Å². The molecule has 1 aliphatic carbocycles. The number of benzene rings is 1. The summed E-state index contributed by atoms with van der Waals surface area (Å²) in [5, 5.41) is 0. The molecule has 2 aliphatic rings. The van der Waals surface area contributed by atoms with Gasteiger partial charge in [-0.05, 0) is 49.1 Å². The van der Waals surface area contributed by atoms with Crippen molar-refractivity contribution >= 4 is 10.0 Å². The largest absolute Gasteiger partial charge is 0.493 e. The van der Waals surface area contributed by atoms with E-state index in [4.69, 9.17) is 10.5 Å². The number of rotatable bonds is 4. The molecule has 0 bridgehead atoms. The SMILES string of the molecule is NCC1CCCC1NS(=O)(=O)c1ccc2c(c1)CCO2. The van der Waals surface area contributed by atoms with Crippen LogP contribution >= 0.6 is 0 Å². The third-order valence-corrected chi connectivity index (χ3v) is 5.73. The topological polar surface area (TPSA) is 81.4 Å². The minimum atomic E-state index is -3.47. The van der Waals surface area contributed by atoms with Gasteiger partial charge in [0.05, 0.1) is 11.5 Å². The van der Waals surface area contributed by atoms with Gasteiger partial charge in [0.1, 0.15) is 5.75 Å². The van der Waals surface area contributed by atoms with E-state index in [9.17, 15) is 8.42 Å². The van der Waals surface area contributed by atoms with Crippen molar-refractivity contribution in [3.05, 3.63) is 23.8 Å². The van der Waals surface area contributed by atoms with Gasteiger partial charge in [-0.25, -0.2) is 13.1 Å². The molecule has 3 rings (SSSR count). The zero-order chi connectivity index (χ0) is 14.2. The van der Waals surface area contributed by atoms with Crippen LogP contribution in [0, 0.1) is 5.92 Å². The lowest BCUT2D eigenvalue weighted by Gasteiger charge is -2.19. The van der Waals surface area contributed by atoms with Crippen molar-refractivity contribution in [1.82, 2.24) is 4.72 Å². The van der Waals surface area contributed by atoms with Crippen LogP contribution in [0.2, 0.25) is 0 Å². The Balaban J connectivity index is 1.81. The minimum Gasteiger partial charge on any atom is -0.493 e. The molecule has 1 aromatic rings. The highest BCUT2D eigenvalue weighted by atomic mass is 32.2. The van der Waals surface area contributed by atoms with Gasteiger partial charge in [0.15, 0.2) is 0 Å². The lowest BCUT2D eigenvalue weighted by atomic mass is 10.1. The number of ether oxygens (including phenoxy) is 1. The van der Waals surface area contributed by atoms with Crippen LogP contribution in [0.25, 0.3) is 0 Å². The van der Waals surface area contributed by atoms with Crippen LogP contribution in [0.1, 0.15) is 24.8 Å². The average molecular weight is 296 g/mol. The Bertz CT molecular complexity index is 600. The number of fused-ring (bicyclic) bond motifs is 1. The fourth-order valence-corrected chi connectivity index (χ4v) is 4.46. The van der Waals surface area contributed by atoms with Gasteiger partial charge >= 0.3 is 0 Å². The summed E-state index contributed by atoms with van der Waals surface area (Å²) in [6.45, 7) is 1.16. The zero-order valence-corrected chi connectivity index (χ0v) is 12.2. The highest BCUT2D eigenvalue weighted by molar-refractivity contribution is 7.89. The molecule has 0 spiro atoms. The molecular weight excluding hydrogens is 276 g/mol. The molecule has 20 heavy (non-hydrogen) atoms. The summed E-state index contributed by atoms with van der Waals surface area (Å²) in [7, 11) is -3.47. The first-order valence-electron chi connectivity index (χ1n) is 7.08. The standard InChI is InChI=1S/C14H20N2O3S/c15-9-11-2-1-3-13(11)16-20(17,18)12-4-5-14-10(8-12)6-7-19-14/h4-5,8,11,13,16H,1-3,6-7,9,15H2. The number of sulfonamides is 1. The van der Waals surface area contributed by atoms with Crippen LogP contribution in [0.5, 0.6) is 5.75 Å². The molecule has 2 unspecified atom stereocenters. The number of hydrogen-bond acceptors (Lipinski definition) is 4. The summed E-state index contributed by atoms with van der Waals surface area (Å²) in [6, 6.07) is 5.04. The smallest absolute Gasteiger partial charge is 0.240 e. The first kappa shape index (κ1) is 13.9. The number of hydrogen-bond donors (Lipinski definition) is 2. The quantitative estimate of drug-likeness (QED) is 0.869. The van der Waals surface area contributed by atoms with Crippen LogP contribution < -0.4 is 15.2 Å². The summed E-state index contributed by atoms with van der Waals surface area (Å²) in [5.41, 5.74) is 6.67. The molecule has 1 saturated carbocycles. The van der Waals surface area contributed by atoms with Crippen LogP contribution in [0.4, 0.5) is 0 Å². The van der Waals surface area contributed by atoms with E-state index in [-0.39, 0.29) is 12.0 Å². The second-order valence-corrected chi connectivity index (χ2v) is 7.24. The molecule has 2 atom stereocenters. The van der Waals surface area contributed by atoms with Crippen LogP contribution in [0.15, 0.2) is 23.1 Å². The molecule has 0 radical (unpaired) electrons. The molecule has 0 amide bonds. The summed E-state index contributed by atoms with van der Waals surface area (Å²) in [4.78, 5) is 0.324. The Morgan fingerprint density at radius 3 is 3.00 bits per heavy atom. The first-order valence-corrected chi connectivity index (χ1v) is 8.56. The molecule has 1 aromatic carbocycles. The number of nitrogens with one attached hydrogen (secondary N) is 1. The molecule has 1 aliphatic heterocycles. The van der Waals surface area contributed by atoms with E-state index in [1.807, 2.05) is 0 Å². The second kappa shape index (κ2) is 5.35. The van der Waals surface area contributed by atoms with Crippen LogP contribution in [-0.4, -0.2) is 27.6 Å². The van der Waals surface area contributed by atoms with Gasteiger partial charge in [0, 0.05) is 12.5 Å². The third kappa shape index (κ3) is 2.55. The highest BCUT2D eigenvalue weighted by Crippen LogP contribution is 2.29. The van der Waals surface area contributed by atoms with E-state index >= 15 is 0 Å². The maximum Gasteiger partial charge on any atom is 0.240 e. The van der Waals surface area contributed by atoms with Gasteiger partial charge in [0.2, 0.25) is 10.0 Å². The minimum absolute atomic E-state index is 0.0329. The number of nitrogens with two attached hydrogens (primary N) is 1. The van der Waals surface area contributed by atoms with Crippen molar-refractivity contribution in [3.8, 4) is 5.75 Å². The lowest BCUT2D eigenvalue weighted by molar-refractivity contribution is 0.356. The predicted molar refractivity (Wildman–Crippen MR) is 76.1 cm³/mol. The Hall–Kier alpha value is -1.11. The van der Waals surface area contributed by atoms with Gasteiger partial charge in [-0.15, -0.1) is 0 Å². The highest BCUT2D eigenvalue weighted by Gasteiger charge is 2.30. The summed E-state index contributed by atoms with van der Waals surface area (Å²) in [5.74, 6) is 1.05. The average Bonchev–Trinajstić information content (AvgIpc) is 3.05. The first-order chi connectivity index (χ1) is 9.60. The van der Waals surface area contributed by atoms with Gasteiger partial charge < -0.3 is 10.5 Å². The molecule has 6 heteroatoms. The molecule has 1 fully saturated rings. The maximum atomic E-state index is 12.5. The zero-order valence-electron chi connectivity index (χ0n) is 11.3. The Kier molecular flexibility index (Phi) is 3.70. The van der Waals surface area contributed by atoms with E-state index in [0.29, 0.717) is 18.0 Å². The van der Waals surface area contributed by atoms with Gasteiger partial charge in [-0.3, -0.25) is 0 Å². The van der Waals surface area contributed by atoms with E-state index in [0.717, 1.165) is 37.0 Å². The fraction of sp³-hybridized carbons (Fsp3) is 0.571. The van der Waals surface area contributed by atoms with Crippen molar-refractivity contribution in [2.75, 3.05) is 13.2 Å². The summed E-state index contributed by atoms with van der Waals surface area (Å²) < 4.78 is 33.1. The molecule has 3 N–H and O–H groups in total. The van der Waals surface area contributed by atoms with Gasteiger partial charge in [-0.2, -0.15) is 0 Å². The fourth-order valence-electron chi connectivity index (χ4n) is 3.07. The molecule has 0 aromatic heterocycles. The van der Waals surface area contributed by atoms with Crippen molar-refractivity contribution in [2.45, 2.75) is 36.6 Å². The van der Waals surface area contributed by atoms with E-state index in [2.05, 4.69) is 4.72 Å². The van der Waals surface area contributed by atoms with Crippen LogP contribution in [-0.2, 0) is 16.4 Å². The molecule has 5 nitrogen and oxygen atoms in total. The third-order valence-electron chi connectivity index (χ3n) is 4.24. The van der Waals surface area contributed by atoms with Crippen molar-refractivity contribution in [3.63, 3.8) is 0 Å². The maximum absolute atomic E-state index is 12.5. The monoisotopic (exact) mass is 296 g/mol. The normalized spacial score (nSPS) is 25.4. The molecular formula is C14H20N2O3S. The van der Waals surface area contributed by atoms with E-state index in [1.165, 1.54) is 0 Å². The summed E-state index contributed by atoms with van der Waals surface area (Å²) >= 11 is 0. The van der Waals surface area contributed by atoms with Gasteiger partial charge in [0.25, 0.3) is 0 Å². The predicted octanol–water partition coefficient (Wildman–Crippen LogP) is 1.03. The van der Waals surface area contributed by atoms with E-state index in [1.54, 1.807) is 18.2 Å². The molecule has 1 heterocycles. The van der Waals surface area contributed by atoms with Crippen molar-refractivity contribution < 1.29 is 13.2 Å². The lowest BCUT2D eigenvalue weighted by Crippen LogP contribution is -2.39. The van der Waals surface area contributed by atoms with Crippen LogP contribution in [0.3, 0.4) is 0 Å². The Morgan fingerprint density at radius 1 is 1.35 bits per heavy atom. The Labute approximate surface area is 119 Å². The Morgan fingerprint density at radius 2 is 2.20 bits per heavy atom. The second-order valence-electron chi connectivity index (χ2n) is 5.52. The summed E-state index contributed by atoms with van der Waals surface area (Å²) in [6.07, 6.45) is 3.68. The molecule has 110 valence electrons. The van der Waals surface area contributed by atoms with Crippen molar-refractivity contribution in [1.29, 1.82) is 0 Å². The van der Waals surface area contributed by atoms with Crippen molar-refractivity contribution in [2.24, 2.45) is 11.7 Å².